The average molecular weight is 214 g/mol. The fraction of sp³-hybridized carbons (Fsp3) is 0.833. The van der Waals surface area contributed by atoms with Crippen LogP contribution in [0.2, 0.25) is 0 Å². The standard InChI is InChI=1S/C12H22O3/c1-5-7-8-12(4,6-2)15-11(14)9-10(3)13/h5-9H2,1-4H3. The van der Waals surface area contributed by atoms with Crippen molar-refractivity contribution in [1.29, 1.82) is 0 Å². The minimum atomic E-state index is -0.400. The van der Waals surface area contributed by atoms with Gasteiger partial charge in [-0.3, -0.25) is 9.59 Å². The normalized spacial score (nSPS) is 14.4. The summed E-state index contributed by atoms with van der Waals surface area (Å²) >= 11 is 0. The molecule has 1 atom stereocenters. The molecule has 0 aromatic heterocycles. The summed E-state index contributed by atoms with van der Waals surface area (Å²) in [5.41, 5.74) is -0.400. The lowest BCUT2D eigenvalue weighted by atomic mass is 9.96. The number of carbonyl (C=O) groups is 2. The van der Waals surface area contributed by atoms with E-state index in [4.69, 9.17) is 4.74 Å². The molecule has 0 saturated carbocycles. The van der Waals surface area contributed by atoms with E-state index in [2.05, 4.69) is 6.92 Å². The molecule has 3 nitrogen and oxygen atoms in total. The van der Waals surface area contributed by atoms with E-state index in [1.807, 2.05) is 13.8 Å². The Morgan fingerprint density at radius 1 is 1.27 bits per heavy atom. The third kappa shape index (κ3) is 6.26. The number of esters is 1. The summed E-state index contributed by atoms with van der Waals surface area (Å²) in [6.45, 7) is 7.43. The van der Waals surface area contributed by atoms with Crippen molar-refractivity contribution in [1.82, 2.24) is 0 Å². The highest BCUT2D eigenvalue weighted by atomic mass is 16.6. The topological polar surface area (TPSA) is 43.4 Å². The second-order valence-electron chi connectivity index (χ2n) is 4.26. The van der Waals surface area contributed by atoms with E-state index < -0.39 is 11.6 Å². The number of hydrogen-bond acceptors (Lipinski definition) is 3. The van der Waals surface area contributed by atoms with Crippen LogP contribution in [0.5, 0.6) is 0 Å². The number of Topliss-reactive ketones (excluding diaryl/α,β-unsaturated/α-hetero) is 1. The van der Waals surface area contributed by atoms with Gasteiger partial charge < -0.3 is 4.74 Å². The molecule has 0 aromatic rings. The van der Waals surface area contributed by atoms with E-state index in [1.54, 1.807) is 0 Å². The Morgan fingerprint density at radius 2 is 1.87 bits per heavy atom. The van der Waals surface area contributed by atoms with Gasteiger partial charge in [-0.05, 0) is 33.1 Å². The first-order chi connectivity index (χ1) is 6.93. The van der Waals surface area contributed by atoms with Crippen LogP contribution in [-0.2, 0) is 14.3 Å². The molecule has 0 radical (unpaired) electrons. The molecule has 3 heteroatoms. The van der Waals surface area contributed by atoms with Gasteiger partial charge in [0.05, 0.1) is 0 Å². The Kier molecular flexibility index (Phi) is 6.21. The minimum absolute atomic E-state index is 0.109. The van der Waals surface area contributed by atoms with E-state index in [0.29, 0.717) is 0 Å². The zero-order chi connectivity index (χ0) is 11.9. The molecule has 88 valence electrons. The van der Waals surface area contributed by atoms with Gasteiger partial charge in [0, 0.05) is 0 Å². The summed E-state index contributed by atoms with van der Waals surface area (Å²) in [4.78, 5) is 22.1. The molecule has 0 amide bonds. The summed E-state index contributed by atoms with van der Waals surface area (Å²) in [5, 5.41) is 0. The monoisotopic (exact) mass is 214 g/mol. The largest absolute Gasteiger partial charge is 0.459 e. The second-order valence-corrected chi connectivity index (χ2v) is 4.26. The smallest absolute Gasteiger partial charge is 0.313 e. The van der Waals surface area contributed by atoms with E-state index in [1.165, 1.54) is 6.92 Å². The van der Waals surface area contributed by atoms with E-state index >= 15 is 0 Å². The maximum atomic E-state index is 11.3. The molecule has 15 heavy (non-hydrogen) atoms. The molecular weight excluding hydrogens is 192 g/mol. The van der Waals surface area contributed by atoms with Crippen LogP contribution in [0.1, 0.15) is 59.8 Å². The fourth-order valence-electron chi connectivity index (χ4n) is 1.36. The number of carbonyl (C=O) groups excluding carboxylic acids is 2. The van der Waals surface area contributed by atoms with Crippen LogP contribution in [0, 0.1) is 0 Å². The first-order valence-corrected chi connectivity index (χ1v) is 5.64. The Labute approximate surface area is 92.2 Å². The van der Waals surface area contributed by atoms with Gasteiger partial charge in [0.2, 0.25) is 0 Å². The predicted octanol–water partition coefficient (Wildman–Crippen LogP) is 2.87. The van der Waals surface area contributed by atoms with Crippen molar-refractivity contribution in [3.05, 3.63) is 0 Å². The molecule has 0 aromatic carbocycles. The summed E-state index contributed by atoms with van der Waals surface area (Å²) in [7, 11) is 0. The molecular formula is C12H22O3. The van der Waals surface area contributed by atoms with E-state index in [9.17, 15) is 9.59 Å². The fourth-order valence-corrected chi connectivity index (χ4v) is 1.36. The third-order valence-corrected chi connectivity index (χ3v) is 2.56. The molecule has 0 spiro atoms. The number of unbranched alkanes of at least 4 members (excludes halogenated alkanes) is 1. The van der Waals surface area contributed by atoms with Gasteiger partial charge >= 0.3 is 5.97 Å². The Balaban J connectivity index is 4.17. The van der Waals surface area contributed by atoms with Crippen molar-refractivity contribution in [3.63, 3.8) is 0 Å². The van der Waals surface area contributed by atoms with Gasteiger partial charge in [-0.25, -0.2) is 0 Å². The molecule has 0 N–H and O–H groups in total. The molecule has 1 unspecified atom stereocenters. The zero-order valence-electron chi connectivity index (χ0n) is 10.3. The molecule has 0 saturated heterocycles. The Morgan fingerprint density at radius 3 is 2.27 bits per heavy atom. The van der Waals surface area contributed by atoms with Gasteiger partial charge in [0.15, 0.2) is 0 Å². The van der Waals surface area contributed by atoms with Crippen LogP contribution in [0.15, 0.2) is 0 Å². The van der Waals surface area contributed by atoms with Crippen molar-refractivity contribution in [2.45, 2.75) is 65.4 Å². The van der Waals surface area contributed by atoms with Crippen LogP contribution < -0.4 is 0 Å². The third-order valence-electron chi connectivity index (χ3n) is 2.56. The molecule has 0 fully saturated rings. The van der Waals surface area contributed by atoms with Crippen LogP contribution in [0.3, 0.4) is 0 Å². The molecule has 0 heterocycles. The SMILES string of the molecule is CCCCC(C)(CC)OC(=O)CC(C)=O. The van der Waals surface area contributed by atoms with E-state index in [-0.39, 0.29) is 12.2 Å². The zero-order valence-corrected chi connectivity index (χ0v) is 10.3. The predicted molar refractivity (Wildman–Crippen MR) is 59.6 cm³/mol. The van der Waals surface area contributed by atoms with Crippen LogP contribution in [-0.4, -0.2) is 17.4 Å². The number of rotatable bonds is 7. The lowest BCUT2D eigenvalue weighted by Gasteiger charge is -2.28. The molecule has 0 aliphatic heterocycles. The van der Waals surface area contributed by atoms with Crippen molar-refractivity contribution in [3.8, 4) is 0 Å². The molecule has 0 aliphatic carbocycles. The van der Waals surface area contributed by atoms with Gasteiger partial charge in [-0.1, -0.05) is 20.3 Å². The lowest BCUT2D eigenvalue weighted by molar-refractivity contribution is -0.160. The number of ketones is 1. The van der Waals surface area contributed by atoms with Crippen LogP contribution in [0.25, 0.3) is 0 Å². The maximum absolute atomic E-state index is 11.3. The highest BCUT2D eigenvalue weighted by Crippen LogP contribution is 2.23. The van der Waals surface area contributed by atoms with Crippen molar-refractivity contribution in [2.75, 3.05) is 0 Å². The van der Waals surface area contributed by atoms with Gasteiger partial charge in [-0.15, -0.1) is 0 Å². The number of hydrogen-bond donors (Lipinski definition) is 0. The molecule has 0 rings (SSSR count). The summed E-state index contributed by atoms with van der Waals surface area (Å²) in [6, 6.07) is 0. The Bertz CT molecular complexity index is 223. The summed E-state index contributed by atoms with van der Waals surface area (Å²) in [5.74, 6) is -0.545. The van der Waals surface area contributed by atoms with Crippen LogP contribution >= 0.6 is 0 Å². The Hall–Kier alpha value is -0.860. The van der Waals surface area contributed by atoms with Gasteiger partial charge in [0.25, 0.3) is 0 Å². The molecule has 0 bridgehead atoms. The summed E-state index contributed by atoms with van der Waals surface area (Å²) < 4.78 is 5.34. The number of ether oxygens (including phenoxy) is 1. The van der Waals surface area contributed by atoms with Crippen molar-refractivity contribution >= 4 is 11.8 Å². The van der Waals surface area contributed by atoms with Crippen LogP contribution in [0.4, 0.5) is 0 Å². The van der Waals surface area contributed by atoms with Gasteiger partial charge in [0.1, 0.15) is 17.8 Å². The highest BCUT2D eigenvalue weighted by Gasteiger charge is 2.26. The first kappa shape index (κ1) is 14.1. The lowest BCUT2D eigenvalue weighted by Crippen LogP contribution is -2.31. The average Bonchev–Trinajstić information content (AvgIpc) is 2.13. The highest BCUT2D eigenvalue weighted by molar-refractivity contribution is 5.94. The summed E-state index contributed by atoms with van der Waals surface area (Å²) in [6.07, 6.45) is 3.67. The maximum Gasteiger partial charge on any atom is 0.313 e. The van der Waals surface area contributed by atoms with Crippen molar-refractivity contribution in [2.24, 2.45) is 0 Å². The first-order valence-electron chi connectivity index (χ1n) is 5.64. The van der Waals surface area contributed by atoms with Crippen molar-refractivity contribution < 1.29 is 14.3 Å². The quantitative estimate of drug-likeness (QED) is 0.483. The second kappa shape index (κ2) is 6.59. The molecule has 0 aliphatic rings. The van der Waals surface area contributed by atoms with E-state index in [0.717, 1.165) is 25.7 Å². The minimum Gasteiger partial charge on any atom is -0.459 e. The van der Waals surface area contributed by atoms with Gasteiger partial charge in [-0.2, -0.15) is 0 Å².